The highest BCUT2D eigenvalue weighted by Gasteiger charge is 2.28. The van der Waals surface area contributed by atoms with Crippen LogP contribution >= 0.6 is 0 Å². The molecular formula is C13H28N2O2S. The molecule has 0 amide bonds. The lowest BCUT2D eigenvalue weighted by molar-refractivity contribution is 0.175. The van der Waals surface area contributed by atoms with E-state index in [0.717, 1.165) is 13.1 Å². The first-order valence-corrected chi connectivity index (χ1v) is 8.49. The van der Waals surface area contributed by atoms with E-state index in [1.165, 1.54) is 0 Å². The van der Waals surface area contributed by atoms with E-state index in [2.05, 4.69) is 44.8 Å². The molecular weight excluding hydrogens is 248 g/mol. The van der Waals surface area contributed by atoms with E-state index in [1.807, 2.05) is 0 Å². The van der Waals surface area contributed by atoms with Crippen LogP contribution in [-0.2, 0) is 9.84 Å². The Bertz CT molecular complexity index is 355. The van der Waals surface area contributed by atoms with Crippen LogP contribution in [0.4, 0.5) is 0 Å². The largest absolute Gasteiger partial charge is 0.311 e. The highest BCUT2D eigenvalue weighted by molar-refractivity contribution is 7.91. The van der Waals surface area contributed by atoms with Gasteiger partial charge in [0.15, 0.2) is 9.84 Å². The number of hydrogen-bond acceptors (Lipinski definition) is 4. The van der Waals surface area contributed by atoms with Crippen molar-refractivity contribution in [3.63, 3.8) is 0 Å². The van der Waals surface area contributed by atoms with Crippen LogP contribution in [0.15, 0.2) is 0 Å². The zero-order valence-corrected chi connectivity index (χ0v) is 13.2. The minimum atomic E-state index is -2.76. The van der Waals surface area contributed by atoms with Gasteiger partial charge in [0, 0.05) is 31.7 Å². The van der Waals surface area contributed by atoms with E-state index in [4.69, 9.17) is 0 Å². The van der Waals surface area contributed by atoms with Crippen molar-refractivity contribution in [2.75, 3.05) is 37.7 Å². The summed E-state index contributed by atoms with van der Waals surface area (Å²) in [7, 11) is -2.76. The molecule has 0 spiro atoms. The van der Waals surface area contributed by atoms with Crippen molar-refractivity contribution in [3.8, 4) is 0 Å². The summed E-state index contributed by atoms with van der Waals surface area (Å²) in [5, 5.41) is 3.52. The predicted molar refractivity (Wildman–Crippen MR) is 76.6 cm³/mol. The Balaban J connectivity index is 2.42. The van der Waals surface area contributed by atoms with Gasteiger partial charge in [-0.1, -0.05) is 13.8 Å². The third-order valence-corrected chi connectivity index (χ3v) is 4.80. The molecule has 0 aromatic heterocycles. The smallest absolute Gasteiger partial charge is 0.152 e. The van der Waals surface area contributed by atoms with Gasteiger partial charge in [0.05, 0.1) is 11.5 Å². The molecule has 1 saturated heterocycles. The molecule has 1 N–H and O–H groups in total. The number of nitrogens with one attached hydrogen (secondary N) is 1. The summed E-state index contributed by atoms with van der Waals surface area (Å²) in [4.78, 5) is 2.27. The number of rotatable bonds is 4. The van der Waals surface area contributed by atoms with Gasteiger partial charge < -0.3 is 10.2 Å². The molecule has 0 atom stereocenters. The van der Waals surface area contributed by atoms with Gasteiger partial charge in [-0.3, -0.25) is 0 Å². The first-order chi connectivity index (χ1) is 7.99. The van der Waals surface area contributed by atoms with Crippen LogP contribution in [0.2, 0.25) is 0 Å². The van der Waals surface area contributed by atoms with Crippen molar-refractivity contribution in [3.05, 3.63) is 0 Å². The third kappa shape index (κ3) is 6.16. The first-order valence-electron chi connectivity index (χ1n) is 6.67. The molecule has 0 aromatic carbocycles. The molecule has 0 aliphatic carbocycles. The summed E-state index contributed by atoms with van der Waals surface area (Å²) in [6, 6.07) is 0. The van der Waals surface area contributed by atoms with Crippen LogP contribution in [0.5, 0.6) is 0 Å². The maximum Gasteiger partial charge on any atom is 0.152 e. The Morgan fingerprint density at radius 2 is 1.56 bits per heavy atom. The summed E-state index contributed by atoms with van der Waals surface area (Å²) in [6.07, 6.45) is 0. The predicted octanol–water partition coefficient (Wildman–Crippen LogP) is 1.13. The summed E-state index contributed by atoms with van der Waals surface area (Å²) in [5.74, 6) is 0.631. The fourth-order valence-electron chi connectivity index (χ4n) is 2.07. The topological polar surface area (TPSA) is 49.4 Å². The maximum absolute atomic E-state index is 11.4. The van der Waals surface area contributed by atoms with Crippen LogP contribution in [-0.4, -0.2) is 56.5 Å². The summed E-state index contributed by atoms with van der Waals surface area (Å²) in [5.41, 5.74) is 0.289. The van der Waals surface area contributed by atoms with E-state index in [-0.39, 0.29) is 11.0 Å². The fraction of sp³-hybridized carbons (Fsp3) is 1.00. The molecule has 1 rings (SSSR count). The summed E-state index contributed by atoms with van der Waals surface area (Å²) in [6.45, 7) is 14.2. The highest BCUT2D eigenvalue weighted by Crippen LogP contribution is 2.18. The van der Waals surface area contributed by atoms with Gasteiger partial charge in [-0.05, 0) is 26.2 Å². The van der Waals surface area contributed by atoms with Crippen molar-refractivity contribution >= 4 is 9.84 Å². The summed E-state index contributed by atoms with van der Waals surface area (Å²) < 4.78 is 22.8. The minimum Gasteiger partial charge on any atom is -0.311 e. The normalized spacial score (nSPS) is 22.1. The Labute approximate surface area is 112 Å². The Morgan fingerprint density at radius 1 is 1.06 bits per heavy atom. The molecule has 18 heavy (non-hydrogen) atoms. The number of nitrogens with zero attached hydrogens (tertiary/aromatic N) is 1. The van der Waals surface area contributed by atoms with Crippen LogP contribution < -0.4 is 5.32 Å². The van der Waals surface area contributed by atoms with E-state index in [1.54, 1.807) is 0 Å². The lowest BCUT2D eigenvalue weighted by Gasteiger charge is -2.36. The summed E-state index contributed by atoms with van der Waals surface area (Å²) >= 11 is 0. The maximum atomic E-state index is 11.4. The molecule has 0 bridgehead atoms. The third-order valence-electron chi connectivity index (χ3n) is 3.19. The monoisotopic (exact) mass is 276 g/mol. The lowest BCUT2D eigenvalue weighted by atomic mass is 9.91. The van der Waals surface area contributed by atoms with Gasteiger partial charge >= 0.3 is 0 Å². The number of hydrogen-bond donors (Lipinski definition) is 1. The Morgan fingerprint density at radius 3 is 2.00 bits per heavy atom. The van der Waals surface area contributed by atoms with E-state index in [0.29, 0.717) is 24.6 Å². The van der Waals surface area contributed by atoms with Crippen LogP contribution in [0, 0.1) is 5.41 Å². The zero-order valence-electron chi connectivity index (χ0n) is 12.4. The minimum absolute atomic E-state index is 0.127. The molecule has 0 saturated carbocycles. The molecule has 1 fully saturated rings. The molecule has 0 unspecified atom stereocenters. The zero-order chi connectivity index (χ0) is 14.0. The van der Waals surface area contributed by atoms with Gasteiger partial charge in [0.25, 0.3) is 0 Å². The molecule has 5 heteroatoms. The van der Waals surface area contributed by atoms with Crippen molar-refractivity contribution in [1.82, 2.24) is 10.2 Å². The van der Waals surface area contributed by atoms with Crippen molar-refractivity contribution in [1.29, 1.82) is 0 Å². The second-order valence-corrected chi connectivity index (χ2v) is 9.50. The number of sulfone groups is 1. The lowest BCUT2D eigenvalue weighted by Crippen LogP contribution is -2.49. The van der Waals surface area contributed by atoms with Gasteiger partial charge in [0.1, 0.15) is 0 Å². The van der Waals surface area contributed by atoms with Crippen molar-refractivity contribution < 1.29 is 8.42 Å². The molecule has 1 heterocycles. The molecule has 108 valence electrons. The van der Waals surface area contributed by atoms with Crippen LogP contribution in [0.25, 0.3) is 0 Å². The van der Waals surface area contributed by atoms with Gasteiger partial charge in [-0.25, -0.2) is 8.42 Å². The second-order valence-electron chi connectivity index (χ2n) is 7.20. The first kappa shape index (κ1) is 15.9. The average molecular weight is 276 g/mol. The van der Waals surface area contributed by atoms with Crippen LogP contribution in [0.1, 0.15) is 34.6 Å². The molecule has 0 aromatic rings. The van der Waals surface area contributed by atoms with Crippen molar-refractivity contribution in [2.24, 2.45) is 5.41 Å². The fourth-order valence-corrected chi connectivity index (χ4v) is 3.35. The van der Waals surface area contributed by atoms with E-state index < -0.39 is 9.84 Å². The molecule has 4 nitrogen and oxygen atoms in total. The Kier molecular flexibility index (Phi) is 4.84. The molecule has 0 radical (unpaired) electrons. The van der Waals surface area contributed by atoms with Crippen molar-refractivity contribution in [2.45, 2.75) is 40.2 Å². The van der Waals surface area contributed by atoms with Gasteiger partial charge in [0.2, 0.25) is 0 Å². The van der Waals surface area contributed by atoms with E-state index in [9.17, 15) is 8.42 Å². The quantitative estimate of drug-likeness (QED) is 0.836. The molecule has 1 aliphatic rings. The van der Waals surface area contributed by atoms with Crippen LogP contribution in [0.3, 0.4) is 0 Å². The van der Waals surface area contributed by atoms with Gasteiger partial charge in [-0.15, -0.1) is 0 Å². The SMILES string of the molecule is CC(C)(CNC(C)(C)C)CN1CCS(=O)(=O)CC1. The van der Waals surface area contributed by atoms with E-state index >= 15 is 0 Å². The second kappa shape index (κ2) is 5.47. The van der Waals surface area contributed by atoms with Gasteiger partial charge in [-0.2, -0.15) is 0 Å². The Hall–Kier alpha value is -0.130. The molecule has 1 aliphatic heterocycles. The highest BCUT2D eigenvalue weighted by atomic mass is 32.2. The average Bonchev–Trinajstić information content (AvgIpc) is 2.18. The standard InChI is InChI=1S/C13H28N2O2S/c1-12(2,3)14-10-13(4,5)11-15-6-8-18(16,17)9-7-15/h14H,6-11H2,1-5H3.